The summed E-state index contributed by atoms with van der Waals surface area (Å²) in [4.78, 5) is 33.2. The molecule has 0 atom stereocenters. The van der Waals surface area contributed by atoms with Gasteiger partial charge in [-0.3, -0.25) is 18.9 Å². The largest absolute Gasteiger partial charge is 0.485 e. The Labute approximate surface area is 252 Å². The van der Waals surface area contributed by atoms with E-state index in [1.54, 1.807) is 19.2 Å². The number of benzene rings is 1. The Morgan fingerprint density at radius 2 is 1.87 bits per heavy atom. The summed E-state index contributed by atoms with van der Waals surface area (Å²) in [6, 6.07) is 7.04. The first-order valence-corrected chi connectivity index (χ1v) is 13.3. The number of nitrogens with zero attached hydrogens (tertiary/aromatic N) is 4. The number of fused-ring (bicyclic) bond motifs is 1. The normalized spacial score (nSPS) is 13.4. The molecule has 0 radical (unpaired) electrons. The van der Waals surface area contributed by atoms with E-state index < -0.39 is 0 Å². The van der Waals surface area contributed by atoms with Crippen LogP contribution in [0.25, 0.3) is 5.65 Å². The highest BCUT2D eigenvalue weighted by Gasteiger charge is 2.21. The maximum atomic E-state index is 12.8. The zero-order valence-electron chi connectivity index (χ0n) is 21.0. The lowest BCUT2D eigenvalue weighted by Gasteiger charge is -2.26. The number of imidazole rings is 1. The molecule has 0 saturated carbocycles. The first-order chi connectivity index (χ1) is 17.3. The molecule has 13 heteroatoms. The van der Waals surface area contributed by atoms with Crippen LogP contribution in [0, 0.1) is 6.92 Å². The van der Waals surface area contributed by atoms with Crippen LogP contribution in [0.4, 0.5) is 5.69 Å². The molecule has 1 fully saturated rings. The van der Waals surface area contributed by atoms with Gasteiger partial charge in [-0.2, -0.15) is 0 Å². The van der Waals surface area contributed by atoms with Crippen LogP contribution in [0.15, 0.2) is 35.1 Å². The monoisotopic (exact) mass is 667 g/mol. The maximum absolute atomic E-state index is 12.8. The molecule has 1 aliphatic rings. The summed E-state index contributed by atoms with van der Waals surface area (Å²) in [6.07, 6.45) is 5.29. The molecule has 2 aromatic heterocycles. The fraction of sp³-hybridized carbons (Fsp3) is 0.400. The van der Waals surface area contributed by atoms with Crippen molar-refractivity contribution in [3.8, 4) is 5.75 Å². The van der Waals surface area contributed by atoms with Crippen LogP contribution in [0.1, 0.15) is 30.5 Å². The van der Waals surface area contributed by atoms with Gasteiger partial charge in [-0.25, -0.2) is 4.98 Å². The van der Waals surface area contributed by atoms with Crippen molar-refractivity contribution < 1.29 is 14.3 Å². The summed E-state index contributed by atoms with van der Waals surface area (Å²) in [7, 11) is 1.62. The minimum absolute atomic E-state index is 0. The van der Waals surface area contributed by atoms with Gasteiger partial charge < -0.3 is 15.0 Å². The topological polar surface area (TPSA) is 79.2 Å². The number of piperidine rings is 1. The molecular weight excluding hydrogens is 640 g/mol. The SMILES string of the molecule is Cc1nc2c(OCc3c(Cl)ccc(N(C)C(=O)CNC(=O)CN4CCCCC4)c3Cl)cccn2c1Br.Cl.Cl. The highest BCUT2D eigenvalue weighted by molar-refractivity contribution is 9.10. The van der Waals surface area contributed by atoms with Crippen molar-refractivity contribution >= 4 is 87.1 Å². The number of aromatic nitrogens is 2. The van der Waals surface area contributed by atoms with Gasteiger partial charge in [0.15, 0.2) is 11.4 Å². The van der Waals surface area contributed by atoms with E-state index in [0.29, 0.717) is 39.2 Å². The second-order valence-corrected chi connectivity index (χ2v) is 10.3. The van der Waals surface area contributed by atoms with Crippen molar-refractivity contribution in [1.82, 2.24) is 19.6 Å². The lowest BCUT2D eigenvalue weighted by Crippen LogP contribution is -2.43. The van der Waals surface area contributed by atoms with Crippen molar-refractivity contribution in [1.29, 1.82) is 0 Å². The van der Waals surface area contributed by atoms with Gasteiger partial charge in [-0.15, -0.1) is 24.8 Å². The second kappa shape index (κ2) is 14.6. The molecule has 0 spiro atoms. The molecule has 3 heterocycles. The molecule has 0 unspecified atom stereocenters. The molecule has 208 valence electrons. The Morgan fingerprint density at radius 3 is 2.58 bits per heavy atom. The third-order valence-corrected chi connectivity index (χ3v) is 7.97. The highest BCUT2D eigenvalue weighted by Crippen LogP contribution is 2.35. The number of hydrogen-bond donors (Lipinski definition) is 1. The Bertz CT molecular complexity index is 1280. The first-order valence-electron chi connectivity index (χ1n) is 11.7. The van der Waals surface area contributed by atoms with Crippen LogP contribution in [0.3, 0.4) is 0 Å². The van der Waals surface area contributed by atoms with E-state index in [4.69, 9.17) is 27.9 Å². The molecule has 1 aromatic carbocycles. The number of likely N-dealkylation sites (tertiary alicyclic amines) is 1. The van der Waals surface area contributed by atoms with Gasteiger partial charge in [-0.1, -0.05) is 29.6 Å². The van der Waals surface area contributed by atoms with Crippen LogP contribution < -0.4 is 15.0 Å². The number of ether oxygens (including phenoxy) is 1. The number of halogens is 5. The van der Waals surface area contributed by atoms with Crippen molar-refractivity contribution in [3.05, 3.63) is 56.4 Å². The number of hydrogen-bond acceptors (Lipinski definition) is 5. The first kappa shape index (κ1) is 32.5. The van der Waals surface area contributed by atoms with Crippen molar-refractivity contribution in [2.75, 3.05) is 38.1 Å². The molecule has 38 heavy (non-hydrogen) atoms. The standard InChI is InChI=1S/C25H28BrCl2N5O3.2ClH/c1-16-24(26)33-12-6-7-20(25(33)30-16)36-15-17-18(27)8-9-19(23(17)28)31(2)22(35)13-29-21(34)14-32-10-4-3-5-11-32;;/h6-9,12H,3-5,10-11,13-15H2,1-2H3,(H,29,34);2*1H. The fourth-order valence-corrected chi connectivity index (χ4v) is 5.15. The van der Waals surface area contributed by atoms with E-state index >= 15 is 0 Å². The number of carbonyl (C=O) groups is 2. The van der Waals surface area contributed by atoms with Crippen molar-refractivity contribution in [3.63, 3.8) is 0 Å². The summed E-state index contributed by atoms with van der Waals surface area (Å²) >= 11 is 16.6. The quantitative estimate of drug-likeness (QED) is 0.333. The summed E-state index contributed by atoms with van der Waals surface area (Å²) in [5.74, 6) is 0.121. The van der Waals surface area contributed by atoms with E-state index in [0.717, 1.165) is 36.2 Å². The summed E-state index contributed by atoms with van der Waals surface area (Å²) in [5.41, 5.74) is 2.53. The molecule has 1 aliphatic heterocycles. The molecule has 1 N–H and O–H groups in total. The van der Waals surface area contributed by atoms with Gasteiger partial charge in [-0.05, 0) is 73.1 Å². The summed E-state index contributed by atoms with van der Waals surface area (Å²) in [5, 5.41) is 3.45. The average Bonchev–Trinajstić information content (AvgIpc) is 3.16. The number of carbonyl (C=O) groups excluding carboxylic acids is 2. The molecule has 3 aromatic rings. The molecule has 1 saturated heterocycles. The van der Waals surface area contributed by atoms with Gasteiger partial charge in [0.05, 0.1) is 29.5 Å². The lowest BCUT2D eigenvalue weighted by molar-refractivity contribution is -0.125. The van der Waals surface area contributed by atoms with Crippen LogP contribution in [0.5, 0.6) is 5.75 Å². The van der Waals surface area contributed by atoms with E-state index in [9.17, 15) is 9.59 Å². The van der Waals surface area contributed by atoms with E-state index in [-0.39, 0.29) is 49.8 Å². The Kier molecular flexibility index (Phi) is 12.5. The van der Waals surface area contributed by atoms with Crippen molar-refractivity contribution in [2.24, 2.45) is 0 Å². The zero-order chi connectivity index (χ0) is 25.8. The number of pyridine rings is 1. The maximum Gasteiger partial charge on any atom is 0.246 e. The molecule has 0 bridgehead atoms. The third kappa shape index (κ3) is 7.46. The molecular formula is C25H30BrCl4N5O3. The number of nitrogens with one attached hydrogen (secondary N) is 1. The predicted octanol–water partition coefficient (Wildman–Crippen LogP) is 5.70. The highest BCUT2D eigenvalue weighted by atomic mass is 79.9. The minimum atomic E-state index is -0.291. The van der Waals surface area contributed by atoms with Crippen LogP contribution >= 0.6 is 63.9 Å². The average molecular weight is 670 g/mol. The number of anilines is 1. The zero-order valence-corrected chi connectivity index (χ0v) is 25.7. The van der Waals surface area contributed by atoms with Crippen LogP contribution in [-0.4, -0.2) is 59.3 Å². The second-order valence-electron chi connectivity index (χ2n) is 8.77. The van der Waals surface area contributed by atoms with Gasteiger partial charge in [0.25, 0.3) is 0 Å². The number of amides is 2. The molecule has 0 aliphatic carbocycles. The van der Waals surface area contributed by atoms with Gasteiger partial charge >= 0.3 is 0 Å². The minimum Gasteiger partial charge on any atom is -0.485 e. The van der Waals surface area contributed by atoms with Crippen molar-refractivity contribution in [2.45, 2.75) is 32.8 Å². The van der Waals surface area contributed by atoms with Crippen LogP contribution in [-0.2, 0) is 16.2 Å². The lowest BCUT2D eigenvalue weighted by atomic mass is 10.1. The number of aryl methyl sites for hydroxylation is 1. The van der Waals surface area contributed by atoms with E-state index in [1.807, 2.05) is 29.7 Å². The third-order valence-electron chi connectivity index (χ3n) is 6.24. The molecule has 2 amide bonds. The molecule has 4 rings (SSSR count). The smallest absolute Gasteiger partial charge is 0.246 e. The van der Waals surface area contributed by atoms with Gasteiger partial charge in [0.2, 0.25) is 11.8 Å². The van der Waals surface area contributed by atoms with Gasteiger partial charge in [0, 0.05) is 23.8 Å². The number of rotatable bonds is 8. The van der Waals surface area contributed by atoms with E-state index in [1.165, 1.54) is 11.3 Å². The summed E-state index contributed by atoms with van der Waals surface area (Å²) < 4.78 is 8.78. The predicted molar refractivity (Wildman–Crippen MR) is 160 cm³/mol. The molecule has 8 nitrogen and oxygen atoms in total. The Hall–Kier alpha value is -1.75. The Balaban J connectivity index is 0.00000253. The van der Waals surface area contributed by atoms with Crippen LogP contribution in [0.2, 0.25) is 10.0 Å². The number of likely N-dealkylation sites (N-methyl/N-ethyl adjacent to an activating group) is 1. The van der Waals surface area contributed by atoms with Gasteiger partial charge in [0.1, 0.15) is 11.2 Å². The Morgan fingerprint density at radius 1 is 1.16 bits per heavy atom. The van der Waals surface area contributed by atoms with E-state index in [2.05, 4.69) is 31.1 Å². The fourth-order valence-electron chi connectivity index (χ4n) is 4.17. The summed E-state index contributed by atoms with van der Waals surface area (Å²) in [6.45, 7) is 4.00.